The standard InChI is InChI=1S/C20H20F3IN6O3S2/c1-11-10-34-18-14(11)16(31)27-15(28-18)17(32)26-9-12-4-2-5-13(8-12)33-6-3-7-35-24-30-29-19(25)20(21,22)23/h2,4-5,8,10H,3,6-7,9H2,1H3,(H2,25,29)(H,26,32)(H,27,28,31). The van der Waals surface area contributed by atoms with Crippen LogP contribution in [0.25, 0.3) is 10.2 Å². The number of benzene rings is 1. The molecule has 0 atom stereocenters. The molecule has 9 nitrogen and oxygen atoms in total. The van der Waals surface area contributed by atoms with Crippen LogP contribution in [0.1, 0.15) is 28.2 Å². The van der Waals surface area contributed by atoms with Gasteiger partial charge in [0, 0.05) is 12.3 Å². The number of amidine groups is 1. The molecule has 0 saturated carbocycles. The molecule has 35 heavy (non-hydrogen) atoms. The number of thiophene rings is 1. The summed E-state index contributed by atoms with van der Waals surface area (Å²) in [6, 6.07) is 7.18. The Balaban J connectivity index is 1.43. The van der Waals surface area contributed by atoms with Crippen molar-refractivity contribution in [3.8, 4) is 5.75 Å². The van der Waals surface area contributed by atoms with Crippen molar-refractivity contribution in [3.63, 3.8) is 0 Å². The molecule has 0 spiro atoms. The first-order chi connectivity index (χ1) is 16.6. The van der Waals surface area contributed by atoms with Crippen molar-refractivity contribution in [2.75, 3.05) is 12.4 Å². The highest BCUT2D eigenvalue weighted by Gasteiger charge is 2.33. The number of halogens is 4. The van der Waals surface area contributed by atoms with E-state index in [-0.39, 0.29) is 17.9 Å². The van der Waals surface area contributed by atoms with E-state index < -0.39 is 37.6 Å². The van der Waals surface area contributed by atoms with Crippen molar-refractivity contribution in [2.45, 2.75) is 26.1 Å². The Bertz CT molecular complexity index is 1310. The van der Waals surface area contributed by atoms with Gasteiger partial charge in [0.25, 0.3) is 11.5 Å². The predicted octanol–water partition coefficient (Wildman–Crippen LogP) is 4.63. The van der Waals surface area contributed by atoms with E-state index >= 15 is 0 Å². The molecule has 1 amide bonds. The van der Waals surface area contributed by atoms with Gasteiger partial charge < -0.3 is 20.8 Å². The van der Waals surface area contributed by atoms with Crippen LogP contribution in [0, 0.1) is 6.92 Å². The fraction of sp³-hybridized carbons (Fsp3) is 0.300. The van der Waals surface area contributed by atoms with Gasteiger partial charge in [-0.2, -0.15) is 13.2 Å². The Morgan fingerprint density at radius 1 is 1.40 bits per heavy atom. The molecule has 0 saturated heterocycles. The number of nitrogens with one attached hydrogen (secondary N) is 2. The smallest absolute Gasteiger partial charge is 0.450 e. The second-order valence-electron chi connectivity index (χ2n) is 6.99. The Hall–Kier alpha value is -2.53. The maximum Gasteiger partial charge on any atom is 0.450 e. The molecule has 2 heterocycles. The molecule has 0 radical (unpaired) electrons. The Labute approximate surface area is 214 Å². The third-order valence-corrected chi connectivity index (χ3v) is 8.84. The van der Waals surface area contributed by atoms with Crippen LogP contribution in [0.4, 0.5) is 13.2 Å². The van der Waals surface area contributed by atoms with E-state index in [1.54, 1.807) is 18.2 Å². The molecule has 3 rings (SSSR count). The van der Waals surface area contributed by atoms with Gasteiger partial charge in [-0.25, -0.2) is 4.98 Å². The minimum absolute atomic E-state index is 0.0458. The van der Waals surface area contributed by atoms with Gasteiger partial charge >= 0.3 is 6.18 Å². The van der Waals surface area contributed by atoms with Gasteiger partial charge in [-0.15, -0.1) is 19.7 Å². The summed E-state index contributed by atoms with van der Waals surface area (Å²) in [6.45, 7) is 2.44. The minimum Gasteiger partial charge on any atom is -0.494 e. The van der Waals surface area contributed by atoms with Gasteiger partial charge in [-0.3, -0.25) is 9.59 Å². The lowest BCUT2D eigenvalue weighted by molar-refractivity contribution is -0.0600. The van der Waals surface area contributed by atoms with E-state index in [2.05, 4.69) is 23.6 Å². The number of aromatic nitrogens is 2. The van der Waals surface area contributed by atoms with Crippen molar-refractivity contribution < 1.29 is 22.7 Å². The van der Waals surface area contributed by atoms with Crippen LogP contribution in [0.5, 0.6) is 5.75 Å². The number of nitrogens with two attached hydrogens (primary N) is 1. The van der Waals surface area contributed by atoms with Crippen LogP contribution in [-0.2, 0) is 6.54 Å². The van der Waals surface area contributed by atoms with Crippen molar-refractivity contribution in [2.24, 2.45) is 14.1 Å². The van der Waals surface area contributed by atoms with Gasteiger partial charge in [-0.05, 0) is 42.0 Å². The molecule has 0 bridgehead atoms. The quantitative estimate of drug-likeness (QED) is 0.0973. The maximum atomic E-state index is 12.5. The minimum atomic E-state index is -4.66. The number of aromatic amines is 1. The number of ether oxygens (including phenoxy) is 1. The number of amides is 1. The summed E-state index contributed by atoms with van der Waals surface area (Å²) in [5.74, 6) is -0.706. The van der Waals surface area contributed by atoms with Crippen molar-refractivity contribution >= 4 is 61.9 Å². The lowest BCUT2D eigenvalue weighted by atomic mass is 10.2. The molecule has 188 valence electrons. The molecule has 4 N–H and O–H groups in total. The van der Waals surface area contributed by atoms with E-state index in [1.165, 1.54) is 20.3 Å². The zero-order valence-corrected chi connectivity index (χ0v) is 22.0. The fourth-order valence-corrected chi connectivity index (χ4v) is 6.37. The zero-order valence-electron chi connectivity index (χ0n) is 18.2. The van der Waals surface area contributed by atoms with Crippen LogP contribution in [-0.4, -0.2) is 40.2 Å². The van der Waals surface area contributed by atoms with Crippen molar-refractivity contribution in [1.82, 2.24) is 15.3 Å². The normalized spacial score (nSPS) is 12.6. The van der Waals surface area contributed by atoms with Crippen LogP contribution in [0.3, 0.4) is 0 Å². The topological polar surface area (TPSA) is 135 Å². The SMILES string of the molecule is Cc1csc2nc(C(=O)NCc3cccc(OCCCSI=NN=C(N)C(F)(F)F)c3)[nH]c(=O)c12. The fourth-order valence-electron chi connectivity index (χ4n) is 2.68. The third kappa shape index (κ3) is 7.99. The van der Waals surface area contributed by atoms with Crippen molar-refractivity contribution in [1.29, 1.82) is 0 Å². The highest BCUT2D eigenvalue weighted by atomic mass is 127. The Kier molecular flexibility index (Phi) is 9.62. The van der Waals surface area contributed by atoms with Crippen LogP contribution < -0.4 is 21.3 Å². The van der Waals surface area contributed by atoms with Crippen molar-refractivity contribution in [3.05, 3.63) is 57.0 Å². The first-order valence-corrected chi connectivity index (χ1v) is 15.4. The molecule has 1 aromatic carbocycles. The van der Waals surface area contributed by atoms with Gasteiger partial charge in [0.15, 0.2) is 0 Å². The molecule has 0 aliphatic heterocycles. The van der Waals surface area contributed by atoms with Gasteiger partial charge in [0.1, 0.15) is 10.6 Å². The zero-order chi connectivity index (χ0) is 25.4. The number of carbonyl (C=O) groups is 1. The molecule has 0 aliphatic rings. The molecule has 0 unspecified atom stereocenters. The molecular formula is C20H20F3IN6O3S2. The highest BCUT2D eigenvalue weighted by molar-refractivity contribution is 14.2. The average molecular weight is 640 g/mol. The number of H-pyrrole nitrogens is 1. The summed E-state index contributed by atoms with van der Waals surface area (Å²) in [5.41, 5.74) is 6.03. The number of hydrogen-bond donors (Lipinski definition) is 3. The highest BCUT2D eigenvalue weighted by Crippen LogP contribution is 2.24. The van der Waals surface area contributed by atoms with E-state index in [0.717, 1.165) is 11.1 Å². The molecular weight excluding hydrogens is 620 g/mol. The number of carbonyl (C=O) groups excluding carboxylic acids is 1. The largest absolute Gasteiger partial charge is 0.494 e. The number of rotatable bonds is 10. The molecule has 0 aliphatic carbocycles. The monoisotopic (exact) mass is 640 g/mol. The first kappa shape index (κ1) is 27.1. The van der Waals surface area contributed by atoms with E-state index in [9.17, 15) is 22.8 Å². The predicted molar refractivity (Wildman–Crippen MR) is 139 cm³/mol. The number of nitrogens with zero attached hydrogens (tertiary/aromatic N) is 3. The summed E-state index contributed by atoms with van der Waals surface area (Å²) in [5, 5.41) is 8.02. The lowest BCUT2D eigenvalue weighted by Crippen LogP contribution is -2.30. The number of aryl methyl sites for hydroxylation is 1. The number of hydrogen-bond acceptors (Lipinski definition) is 8. The summed E-state index contributed by atoms with van der Waals surface area (Å²) in [4.78, 5) is 32.0. The summed E-state index contributed by atoms with van der Waals surface area (Å²) < 4.78 is 45.7. The van der Waals surface area contributed by atoms with Gasteiger partial charge in [0.05, 0.1) is 31.6 Å². The van der Waals surface area contributed by atoms with Gasteiger partial charge in [-0.1, -0.05) is 21.1 Å². The van der Waals surface area contributed by atoms with E-state index in [0.29, 0.717) is 34.7 Å². The molecule has 15 heteroatoms. The van der Waals surface area contributed by atoms with Crippen LogP contribution in [0.15, 0.2) is 42.8 Å². The molecule has 3 aromatic rings. The van der Waals surface area contributed by atoms with E-state index in [1.807, 2.05) is 18.4 Å². The lowest BCUT2D eigenvalue weighted by Gasteiger charge is -2.09. The summed E-state index contributed by atoms with van der Waals surface area (Å²) in [6.07, 6.45) is -3.99. The summed E-state index contributed by atoms with van der Waals surface area (Å²) >= 11 is 0.382. The third-order valence-electron chi connectivity index (χ3n) is 4.34. The second-order valence-corrected chi connectivity index (χ2v) is 12.1. The molecule has 0 fully saturated rings. The number of fused-ring (bicyclic) bond motifs is 1. The molecule has 2 aromatic heterocycles. The van der Waals surface area contributed by atoms with E-state index in [4.69, 9.17) is 10.5 Å². The number of alkyl halides is 3. The Morgan fingerprint density at radius 2 is 2.20 bits per heavy atom. The van der Waals surface area contributed by atoms with Gasteiger partial charge in [0.2, 0.25) is 11.7 Å². The Morgan fingerprint density at radius 3 is 2.97 bits per heavy atom. The summed E-state index contributed by atoms with van der Waals surface area (Å²) in [7, 11) is 1.41. The van der Waals surface area contributed by atoms with Crippen LogP contribution in [0.2, 0.25) is 0 Å². The average Bonchev–Trinajstić information content (AvgIpc) is 3.19. The second kappa shape index (κ2) is 12.4. The first-order valence-electron chi connectivity index (χ1n) is 10.00. The van der Waals surface area contributed by atoms with Crippen LogP contribution >= 0.6 is 39.9 Å². The maximum absolute atomic E-state index is 12.5.